The number of piperazine rings is 1. The molecule has 1 saturated heterocycles. The number of unbranched alkanes of at least 4 members (excludes halogenated alkanes) is 3. The Kier molecular flexibility index (Phi) is 39.3. The molecule has 528 valence electrons. The molecule has 0 unspecified atom stereocenters. The number of aromatic nitrogens is 3. The Morgan fingerprint density at radius 3 is 1.81 bits per heavy atom. The average molecular weight is 1400 g/mol. The third-order valence-corrected chi connectivity index (χ3v) is 15.1. The zero-order valence-corrected chi connectivity index (χ0v) is 57.0. The quantitative estimate of drug-likeness (QED) is 0.00464. The minimum Gasteiger partial charge on any atom is -0.447 e. The summed E-state index contributed by atoms with van der Waals surface area (Å²) < 4.78 is 53.1. The van der Waals surface area contributed by atoms with Crippen molar-refractivity contribution in [1.29, 1.82) is 0 Å². The summed E-state index contributed by atoms with van der Waals surface area (Å²) in [4.78, 5) is 98.1. The van der Waals surface area contributed by atoms with Crippen molar-refractivity contribution in [2.45, 2.75) is 53.0 Å². The van der Waals surface area contributed by atoms with Crippen molar-refractivity contribution >= 4 is 98.9 Å². The third kappa shape index (κ3) is 33.7. The van der Waals surface area contributed by atoms with Gasteiger partial charge in [0.05, 0.1) is 96.1 Å². The minimum atomic E-state index is -0.690. The largest absolute Gasteiger partial charge is 0.447 e. The predicted molar refractivity (Wildman–Crippen MR) is 361 cm³/mol. The van der Waals surface area contributed by atoms with Crippen molar-refractivity contribution in [3.05, 3.63) is 104 Å². The van der Waals surface area contributed by atoms with Gasteiger partial charge >= 0.3 is 24.4 Å². The van der Waals surface area contributed by atoms with Gasteiger partial charge in [0.1, 0.15) is 48.8 Å². The van der Waals surface area contributed by atoms with Crippen LogP contribution in [-0.2, 0) is 58.7 Å². The molecule has 1 aliphatic rings. The van der Waals surface area contributed by atoms with Crippen molar-refractivity contribution in [2.24, 2.45) is 5.11 Å². The second-order valence-electron chi connectivity index (χ2n) is 21.0. The van der Waals surface area contributed by atoms with Gasteiger partial charge in [0.25, 0.3) is 5.91 Å². The fourth-order valence-electron chi connectivity index (χ4n) is 8.70. The topological polar surface area (TPSA) is 364 Å². The average Bonchev–Trinajstić information content (AvgIpc) is 0.946. The van der Waals surface area contributed by atoms with E-state index in [1.165, 1.54) is 29.7 Å². The molecule has 2 aromatic heterocycles. The molecule has 6 amide bonds. The first kappa shape index (κ1) is 78.8. The summed E-state index contributed by atoms with van der Waals surface area (Å²) >= 11 is 13.2. The van der Waals surface area contributed by atoms with E-state index in [4.69, 9.17) is 76.1 Å². The number of hydrogen-bond donors (Lipinski definition) is 6. The standard InChI is InChI=1S/C62H89Cl2N15O16S/c1-46-13-14-49(41-51(46)75-76-65)44-79(55(80)45-77-21-23-78(24-22-77)54-42-53(71-48(3)72-54)73-58-70-43-52(96-58)57(81)74-56-47(2)11-10-12-50(56)64)20-16-66-59(82)94-39-37-90-35-33-88-28-17-67-60(83)92-26-8-9-27-93-61(84)68-18-29-89-34-36-91-38-40-95-62(85)69-19-30-87-32-31-86-25-7-5-4-6-15-63/h8-14,41-43H,4-7,15-40,44-45H2,1-3H3,(H,66,82)(H,67,83)(H,68,84)(H,69,85)(H,74,81)(H,70,71,72,73)/b9-8+. The lowest BCUT2D eigenvalue weighted by Gasteiger charge is -2.36. The predicted octanol–water partition coefficient (Wildman–Crippen LogP) is 7.96. The molecule has 1 fully saturated rings. The molecule has 31 nitrogen and oxygen atoms in total. The van der Waals surface area contributed by atoms with E-state index in [-0.39, 0.29) is 130 Å². The number of halogens is 2. The van der Waals surface area contributed by atoms with Crippen molar-refractivity contribution in [3.8, 4) is 0 Å². The van der Waals surface area contributed by atoms with Crippen LogP contribution in [0.1, 0.15) is 57.9 Å². The Balaban J connectivity index is 0.846. The molecule has 3 heterocycles. The lowest BCUT2D eigenvalue weighted by Crippen LogP contribution is -2.51. The zero-order chi connectivity index (χ0) is 68.8. The molecule has 0 saturated carbocycles. The van der Waals surface area contributed by atoms with E-state index in [1.807, 2.05) is 44.2 Å². The highest BCUT2D eigenvalue weighted by Crippen LogP contribution is 2.29. The van der Waals surface area contributed by atoms with Gasteiger partial charge in [0.2, 0.25) is 5.91 Å². The van der Waals surface area contributed by atoms with Crippen molar-refractivity contribution in [2.75, 3.05) is 193 Å². The maximum Gasteiger partial charge on any atom is 0.407 e. The first-order valence-electron chi connectivity index (χ1n) is 31.6. The molecule has 0 bridgehead atoms. The van der Waals surface area contributed by atoms with E-state index in [0.29, 0.717) is 109 Å². The van der Waals surface area contributed by atoms with E-state index >= 15 is 0 Å². The van der Waals surface area contributed by atoms with Crippen molar-refractivity contribution < 1.29 is 76.1 Å². The third-order valence-electron chi connectivity index (χ3n) is 13.7. The van der Waals surface area contributed by atoms with Gasteiger partial charge in [-0.1, -0.05) is 65.2 Å². The SMILES string of the molecule is Cc1nc(Nc2ncc(C(=O)Nc3c(C)cccc3Cl)s2)cc(N2CCN(CC(=O)N(CCNC(=O)OCCOCCOCCNC(=O)OC/C=C/COC(=O)NCCOCCOCCOC(=O)NCCOCCOCCCCCCCl)Cc3ccc(C)c(N=[N+]=[N-])c3)CC2)n1. The van der Waals surface area contributed by atoms with Crippen LogP contribution < -0.4 is 36.8 Å². The van der Waals surface area contributed by atoms with Gasteiger partial charge in [-0.2, -0.15) is 0 Å². The number of carbonyl (C=O) groups is 6. The van der Waals surface area contributed by atoms with Crippen LogP contribution in [0.3, 0.4) is 0 Å². The first-order chi connectivity index (χ1) is 46.7. The highest BCUT2D eigenvalue weighted by molar-refractivity contribution is 7.17. The maximum atomic E-state index is 14.0. The Morgan fingerprint density at radius 1 is 0.656 bits per heavy atom. The molecule has 6 N–H and O–H groups in total. The number of ether oxygens (including phenoxy) is 10. The monoisotopic (exact) mass is 1400 g/mol. The molecule has 4 aromatic rings. The molecule has 0 spiro atoms. The number of nitrogens with one attached hydrogen (secondary N) is 6. The van der Waals surface area contributed by atoms with Gasteiger partial charge in [-0.15, -0.1) is 11.6 Å². The van der Waals surface area contributed by atoms with Crippen LogP contribution in [0.15, 0.2) is 65.9 Å². The Morgan fingerprint density at radius 2 is 1.22 bits per heavy atom. The minimum absolute atomic E-state index is 0.0396. The molecule has 1 aliphatic heterocycles. The number of benzene rings is 2. The lowest BCUT2D eigenvalue weighted by molar-refractivity contribution is -0.133. The van der Waals surface area contributed by atoms with Crippen LogP contribution in [-0.4, -0.2) is 238 Å². The van der Waals surface area contributed by atoms with Crippen LogP contribution in [0, 0.1) is 20.8 Å². The van der Waals surface area contributed by atoms with Gasteiger partial charge in [0, 0.05) is 94.6 Å². The van der Waals surface area contributed by atoms with Gasteiger partial charge < -0.3 is 89.1 Å². The smallest absolute Gasteiger partial charge is 0.407 e. The van der Waals surface area contributed by atoms with Gasteiger partial charge in [-0.05, 0) is 80.1 Å². The summed E-state index contributed by atoms with van der Waals surface area (Å²) in [6, 6.07) is 12.6. The molecule has 96 heavy (non-hydrogen) atoms. The number of azide groups is 1. The lowest BCUT2D eigenvalue weighted by atomic mass is 10.1. The van der Waals surface area contributed by atoms with Crippen LogP contribution >= 0.6 is 34.5 Å². The van der Waals surface area contributed by atoms with Gasteiger partial charge in [-0.25, -0.2) is 34.1 Å². The first-order valence-corrected chi connectivity index (χ1v) is 33.3. The van der Waals surface area contributed by atoms with Crippen molar-refractivity contribution in [3.63, 3.8) is 0 Å². The van der Waals surface area contributed by atoms with Crippen LogP contribution in [0.4, 0.5) is 47.3 Å². The molecule has 0 radical (unpaired) electrons. The molecule has 0 atom stereocenters. The number of amides is 6. The van der Waals surface area contributed by atoms with Crippen molar-refractivity contribution in [1.82, 2.24) is 46.0 Å². The number of thiazole rings is 1. The number of para-hydroxylation sites is 1. The maximum absolute atomic E-state index is 14.0. The highest BCUT2D eigenvalue weighted by atomic mass is 35.5. The van der Waals surface area contributed by atoms with Gasteiger partial charge in [-0.3, -0.25) is 14.5 Å². The fraction of sp³-hybridized carbons (Fsp3) is 0.565. The number of aryl methyl sites for hydroxylation is 3. The molecule has 5 rings (SSSR count). The second kappa shape index (κ2) is 47.9. The molecule has 0 aliphatic carbocycles. The Labute approximate surface area is 572 Å². The number of alkyl carbamates (subject to hydrolysis) is 4. The summed E-state index contributed by atoms with van der Waals surface area (Å²) in [6.07, 6.45) is 6.21. The number of carbonyl (C=O) groups excluding carboxylic acids is 6. The van der Waals surface area contributed by atoms with E-state index in [9.17, 15) is 28.8 Å². The number of hydrogen-bond acceptors (Lipinski definition) is 24. The molecule has 34 heteroatoms. The number of anilines is 4. The number of nitrogens with zero attached hydrogens (tertiary/aromatic N) is 9. The van der Waals surface area contributed by atoms with Crippen LogP contribution in [0.2, 0.25) is 5.02 Å². The number of alkyl halides is 1. The van der Waals surface area contributed by atoms with E-state index in [1.54, 1.807) is 24.0 Å². The Hall–Kier alpha value is -7.88. The normalized spacial score (nSPS) is 12.2. The van der Waals surface area contributed by atoms with E-state index < -0.39 is 24.4 Å². The summed E-state index contributed by atoms with van der Waals surface area (Å²) in [7, 11) is 0. The van der Waals surface area contributed by atoms with E-state index in [0.717, 1.165) is 42.4 Å². The molecular weight excluding hydrogens is 1310 g/mol. The van der Waals surface area contributed by atoms with E-state index in [2.05, 4.69) is 66.7 Å². The highest BCUT2D eigenvalue weighted by Gasteiger charge is 2.25. The van der Waals surface area contributed by atoms with Gasteiger partial charge in [0.15, 0.2) is 5.13 Å². The second-order valence-corrected chi connectivity index (χ2v) is 22.8. The molecule has 2 aromatic carbocycles. The summed E-state index contributed by atoms with van der Waals surface area (Å²) in [5.41, 5.74) is 12.5. The van der Waals surface area contributed by atoms with Crippen LogP contribution in [0.5, 0.6) is 0 Å². The number of rotatable bonds is 47. The summed E-state index contributed by atoms with van der Waals surface area (Å²) in [5, 5.41) is 21.2. The zero-order valence-electron chi connectivity index (χ0n) is 54.6. The Bertz CT molecular complexity index is 3050. The molecular formula is C62H89Cl2N15O16S. The summed E-state index contributed by atoms with van der Waals surface area (Å²) in [5.74, 6) is 1.92. The summed E-state index contributed by atoms with van der Waals surface area (Å²) in [6.45, 7) is 12.6. The van der Waals surface area contributed by atoms with Crippen LogP contribution in [0.25, 0.3) is 10.4 Å². The fourth-order valence-corrected chi connectivity index (χ4v) is 9.88.